The summed E-state index contributed by atoms with van der Waals surface area (Å²) in [5, 5.41) is 4.98. The van der Waals surface area contributed by atoms with Crippen molar-refractivity contribution in [1.29, 1.82) is 0 Å². The lowest BCUT2D eigenvalue weighted by Crippen LogP contribution is -2.22. The van der Waals surface area contributed by atoms with Crippen LogP contribution in [0.3, 0.4) is 0 Å². The fourth-order valence-electron chi connectivity index (χ4n) is 2.12. The number of hydrogen-bond acceptors (Lipinski definition) is 6. The van der Waals surface area contributed by atoms with Gasteiger partial charge in [0.1, 0.15) is 5.75 Å². The van der Waals surface area contributed by atoms with Crippen LogP contribution in [0, 0.1) is 0 Å². The molecule has 0 aromatic heterocycles. The van der Waals surface area contributed by atoms with Crippen molar-refractivity contribution in [2.24, 2.45) is 0 Å². The zero-order chi connectivity index (χ0) is 21.2. The van der Waals surface area contributed by atoms with Crippen LogP contribution in [0.15, 0.2) is 53.4 Å². The minimum Gasteiger partial charge on any atom is -0.455 e. The second-order valence-electron chi connectivity index (χ2n) is 5.58. The van der Waals surface area contributed by atoms with Crippen molar-refractivity contribution in [2.45, 2.75) is 18.4 Å². The van der Waals surface area contributed by atoms with Gasteiger partial charge in [-0.1, -0.05) is 12.1 Å². The lowest BCUT2D eigenvalue weighted by molar-refractivity contribution is -0.144. The number of hydrogen-bond donors (Lipinski definition) is 2. The first-order valence-electron chi connectivity index (χ1n) is 8.33. The molecule has 10 heteroatoms. The SMILES string of the molecule is CC(=O)Nc1ccc(SCC(=O)OCC(=O)Nc2ccccc2OC(F)F)cc1. The van der Waals surface area contributed by atoms with E-state index in [1.165, 1.54) is 43.0 Å². The van der Waals surface area contributed by atoms with Crippen LogP contribution in [0.25, 0.3) is 0 Å². The number of nitrogens with one attached hydrogen (secondary N) is 2. The number of amides is 2. The molecule has 0 bridgehead atoms. The molecule has 0 aliphatic heterocycles. The van der Waals surface area contributed by atoms with Crippen molar-refractivity contribution in [3.05, 3.63) is 48.5 Å². The highest BCUT2D eigenvalue weighted by atomic mass is 32.2. The minimum absolute atomic E-state index is 0.0299. The Labute approximate surface area is 169 Å². The van der Waals surface area contributed by atoms with Crippen molar-refractivity contribution < 1.29 is 32.6 Å². The number of thioether (sulfide) groups is 1. The van der Waals surface area contributed by atoms with E-state index < -0.39 is 25.1 Å². The molecule has 2 aromatic carbocycles. The van der Waals surface area contributed by atoms with Gasteiger partial charge in [-0.2, -0.15) is 8.78 Å². The van der Waals surface area contributed by atoms with E-state index in [2.05, 4.69) is 15.4 Å². The Morgan fingerprint density at radius 2 is 1.72 bits per heavy atom. The number of rotatable bonds is 9. The number of carbonyl (C=O) groups is 3. The van der Waals surface area contributed by atoms with Gasteiger partial charge in [-0.3, -0.25) is 14.4 Å². The van der Waals surface area contributed by atoms with E-state index in [4.69, 9.17) is 4.74 Å². The first-order valence-corrected chi connectivity index (χ1v) is 9.32. The maximum absolute atomic E-state index is 12.4. The molecule has 0 aliphatic carbocycles. The van der Waals surface area contributed by atoms with Crippen LogP contribution in [-0.4, -0.2) is 36.8 Å². The number of ether oxygens (including phenoxy) is 2. The Morgan fingerprint density at radius 1 is 1.03 bits per heavy atom. The summed E-state index contributed by atoms with van der Waals surface area (Å²) in [5.74, 6) is -1.71. The molecule has 0 saturated heterocycles. The predicted octanol–water partition coefficient (Wildman–Crippen LogP) is 3.52. The molecule has 2 amide bonds. The Bertz CT molecular complexity index is 862. The van der Waals surface area contributed by atoms with Crippen LogP contribution in [0.1, 0.15) is 6.92 Å². The van der Waals surface area contributed by atoms with E-state index in [1.54, 1.807) is 24.3 Å². The summed E-state index contributed by atoms with van der Waals surface area (Å²) in [6.45, 7) is -2.20. The third kappa shape index (κ3) is 8.18. The number of para-hydroxylation sites is 2. The lowest BCUT2D eigenvalue weighted by Gasteiger charge is -2.11. The molecule has 0 fully saturated rings. The molecular formula is C19H18F2N2O5S. The maximum Gasteiger partial charge on any atom is 0.387 e. The summed E-state index contributed by atoms with van der Waals surface area (Å²) in [4.78, 5) is 35.4. The van der Waals surface area contributed by atoms with Gasteiger partial charge in [-0.15, -0.1) is 11.8 Å². The number of carbonyl (C=O) groups excluding carboxylic acids is 3. The van der Waals surface area contributed by atoms with Gasteiger partial charge >= 0.3 is 12.6 Å². The smallest absolute Gasteiger partial charge is 0.387 e. The highest BCUT2D eigenvalue weighted by molar-refractivity contribution is 8.00. The monoisotopic (exact) mass is 424 g/mol. The molecule has 0 unspecified atom stereocenters. The lowest BCUT2D eigenvalue weighted by atomic mass is 10.3. The molecule has 154 valence electrons. The van der Waals surface area contributed by atoms with Gasteiger partial charge in [0, 0.05) is 17.5 Å². The van der Waals surface area contributed by atoms with Gasteiger partial charge in [0.05, 0.1) is 11.4 Å². The second kappa shape index (κ2) is 11.0. The molecule has 7 nitrogen and oxygen atoms in total. The quantitative estimate of drug-likeness (QED) is 0.473. The summed E-state index contributed by atoms with van der Waals surface area (Å²) in [6.07, 6.45) is 0. The first kappa shape index (κ1) is 22.2. The Morgan fingerprint density at radius 3 is 2.38 bits per heavy atom. The van der Waals surface area contributed by atoms with Crippen molar-refractivity contribution in [2.75, 3.05) is 23.0 Å². The van der Waals surface area contributed by atoms with E-state index in [0.29, 0.717) is 5.69 Å². The van der Waals surface area contributed by atoms with Gasteiger partial charge < -0.3 is 20.1 Å². The zero-order valence-electron chi connectivity index (χ0n) is 15.3. The summed E-state index contributed by atoms with van der Waals surface area (Å²) < 4.78 is 33.9. The van der Waals surface area contributed by atoms with Crippen LogP contribution in [-0.2, 0) is 19.1 Å². The van der Waals surface area contributed by atoms with Crippen molar-refractivity contribution >= 4 is 40.9 Å². The number of anilines is 2. The fraction of sp³-hybridized carbons (Fsp3) is 0.211. The molecule has 0 atom stereocenters. The standard InChI is InChI=1S/C19H18F2N2O5S/c1-12(24)22-13-6-8-14(9-7-13)29-11-18(26)27-10-17(25)23-15-4-2-3-5-16(15)28-19(20)21/h2-9,19H,10-11H2,1H3,(H,22,24)(H,23,25). The van der Waals surface area contributed by atoms with Crippen LogP contribution in [0.2, 0.25) is 0 Å². The molecule has 0 heterocycles. The van der Waals surface area contributed by atoms with Crippen molar-refractivity contribution in [3.8, 4) is 5.75 Å². The first-order chi connectivity index (χ1) is 13.8. The van der Waals surface area contributed by atoms with E-state index in [1.807, 2.05) is 0 Å². The van der Waals surface area contributed by atoms with Crippen LogP contribution >= 0.6 is 11.8 Å². The Kier molecular flexibility index (Phi) is 8.41. The van der Waals surface area contributed by atoms with Gasteiger partial charge in [-0.05, 0) is 36.4 Å². The summed E-state index contributed by atoms with van der Waals surface area (Å²) in [6, 6.07) is 12.5. The minimum atomic E-state index is -3.03. The van der Waals surface area contributed by atoms with E-state index >= 15 is 0 Å². The summed E-state index contributed by atoms with van der Waals surface area (Å²) >= 11 is 1.20. The van der Waals surface area contributed by atoms with E-state index in [9.17, 15) is 23.2 Å². The molecule has 29 heavy (non-hydrogen) atoms. The number of benzene rings is 2. The highest BCUT2D eigenvalue weighted by Gasteiger charge is 2.13. The number of halogens is 2. The van der Waals surface area contributed by atoms with Crippen molar-refractivity contribution in [1.82, 2.24) is 0 Å². The third-order valence-corrected chi connectivity index (χ3v) is 4.26. The van der Waals surface area contributed by atoms with E-state index in [0.717, 1.165) is 4.90 Å². The second-order valence-corrected chi connectivity index (χ2v) is 6.63. The molecular weight excluding hydrogens is 406 g/mol. The van der Waals surface area contributed by atoms with Crippen LogP contribution in [0.5, 0.6) is 5.75 Å². The fourth-order valence-corrected chi connectivity index (χ4v) is 2.82. The molecule has 0 saturated carbocycles. The molecule has 2 aromatic rings. The largest absolute Gasteiger partial charge is 0.455 e. The average molecular weight is 424 g/mol. The number of esters is 1. The molecule has 2 rings (SSSR count). The zero-order valence-corrected chi connectivity index (χ0v) is 16.1. The predicted molar refractivity (Wildman–Crippen MR) is 104 cm³/mol. The molecule has 0 aliphatic rings. The average Bonchev–Trinajstić information content (AvgIpc) is 2.66. The summed E-state index contributed by atoms with van der Waals surface area (Å²) in [7, 11) is 0. The van der Waals surface area contributed by atoms with Gasteiger partial charge in [-0.25, -0.2) is 0 Å². The molecule has 2 N–H and O–H groups in total. The third-order valence-electron chi connectivity index (χ3n) is 3.27. The van der Waals surface area contributed by atoms with Gasteiger partial charge in [0.2, 0.25) is 5.91 Å². The van der Waals surface area contributed by atoms with Gasteiger partial charge in [0.25, 0.3) is 5.91 Å². The number of alkyl halides is 2. The topological polar surface area (TPSA) is 93.7 Å². The van der Waals surface area contributed by atoms with Crippen LogP contribution in [0.4, 0.5) is 20.2 Å². The Hall–Kier alpha value is -3.14. The molecule has 0 radical (unpaired) electrons. The van der Waals surface area contributed by atoms with Gasteiger partial charge in [0.15, 0.2) is 6.61 Å². The maximum atomic E-state index is 12.4. The Balaban J connectivity index is 1.76. The van der Waals surface area contributed by atoms with Crippen LogP contribution < -0.4 is 15.4 Å². The highest BCUT2D eigenvalue weighted by Crippen LogP contribution is 2.25. The normalized spacial score (nSPS) is 10.3. The van der Waals surface area contributed by atoms with Crippen molar-refractivity contribution in [3.63, 3.8) is 0 Å². The van der Waals surface area contributed by atoms with E-state index in [-0.39, 0.29) is 23.1 Å². The molecule has 0 spiro atoms. The summed E-state index contributed by atoms with van der Waals surface area (Å²) in [5.41, 5.74) is 0.680.